The van der Waals surface area contributed by atoms with Crippen LogP contribution in [-0.2, 0) is 0 Å². The van der Waals surface area contributed by atoms with Crippen LogP contribution in [0.4, 0.5) is 0 Å². The first-order valence-corrected chi connectivity index (χ1v) is 6.55. The highest BCUT2D eigenvalue weighted by Gasteiger charge is 2.13. The van der Waals surface area contributed by atoms with Crippen molar-refractivity contribution in [2.24, 2.45) is 0 Å². The Kier molecular flexibility index (Phi) is 4.00. The van der Waals surface area contributed by atoms with Crippen LogP contribution in [0.5, 0.6) is 11.5 Å². The van der Waals surface area contributed by atoms with Gasteiger partial charge in [-0.1, -0.05) is 17.7 Å². The molecule has 20 heavy (non-hydrogen) atoms. The van der Waals surface area contributed by atoms with Crippen LogP contribution < -0.4 is 4.74 Å². The van der Waals surface area contributed by atoms with Crippen molar-refractivity contribution in [2.45, 2.75) is 20.8 Å². The monoisotopic (exact) mass is 290 g/mol. The first-order chi connectivity index (χ1) is 9.38. The fraction of sp³-hybridized carbons (Fsp3) is 0.188. The average molecular weight is 291 g/mol. The molecule has 0 aliphatic rings. The average Bonchev–Trinajstić information content (AvgIpc) is 2.35. The van der Waals surface area contributed by atoms with Crippen molar-refractivity contribution in [1.82, 2.24) is 0 Å². The molecule has 2 aromatic rings. The molecule has 0 radical (unpaired) electrons. The van der Waals surface area contributed by atoms with Gasteiger partial charge in [-0.05, 0) is 61.7 Å². The number of carbonyl (C=O) groups is 1. The van der Waals surface area contributed by atoms with E-state index < -0.39 is 5.97 Å². The van der Waals surface area contributed by atoms with Gasteiger partial charge in [0.15, 0.2) is 0 Å². The highest BCUT2D eigenvalue weighted by Crippen LogP contribution is 2.31. The van der Waals surface area contributed by atoms with Gasteiger partial charge < -0.3 is 9.84 Å². The number of carboxylic acid groups (broad SMARTS) is 1. The van der Waals surface area contributed by atoms with Gasteiger partial charge in [-0.15, -0.1) is 0 Å². The van der Waals surface area contributed by atoms with Gasteiger partial charge in [-0.25, -0.2) is 4.79 Å². The molecule has 0 heterocycles. The molecule has 1 N–H and O–H groups in total. The van der Waals surface area contributed by atoms with E-state index >= 15 is 0 Å². The molecule has 0 aliphatic heterocycles. The van der Waals surface area contributed by atoms with Crippen LogP contribution >= 0.6 is 11.6 Å². The van der Waals surface area contributed by atoms with Gasteiger partial charge >= 0.3 is 5.97 Å². The Morgan fingerprint density at radius 1 is 1.10 bits per heavy atom. The van der Waals surface area contributed by atoms with Crippen molar-refractivity contribution in [2.75, 3.05) is 0 Å². The van der Waals surface area contributed by atoms with Crippen molar-refractivity contribution < 1.29 is 14.6 Å². The predicted molar refractivity (Wildman–Crippen MR) is 79.1 cm³/mol. The number of benzene rings is 2. The van der Waals surface area contributed by atoms with Gasteiger partial charge in [-0.3, -0.25) is 0 Å². The van der Waals surface area contributed by atoms with Crippen LogP contribution in [0.1, 0.15) is 27.0 Å². The Morgan fingerprint density at radius 3 is 2.25 bits per heavy atom. The molecular formula is C16H15ClO3. The lowest BCUT2D eigenvalue weighted by molar-refractivity contribution is 0.0694. The molecule has 0 saturated carbocycles. The second-order valence-corrected chi connectivity index (χ2v) is 5.16. The van der Waals surface area contributed by atoms with Gasteiger partial charge in [0.1, 0.15) is 17.1 Å². The van der Waals surface area contributed by atoms with E-state index in [0.29, 0.717) is 16.5 Å². The second-order valence-electron chi connectivity index (χ2n) is 4.78. The SMILES string of the molecule is Cc1ccc(C(=O)O)c(Oc2cc(C)c(Cl)c(C)c2)c1. The summed E-state index contributed by atoms with van der Waals surface area (Å²) < 4.78 is 5.73. The molecule has 2 aromatic carbocycles. The van der Waals surface area contributed by atoms with Crippen molar-refractivity contribution in [1.29, 1.82) is 0 Å². The third kappa shape index (κ3) is 2.94. The third-order valence-corrected chi connectivity index (χ3v) is 3.60. The second kappa shape index (κ2) is 5.55. The minimum absolute atomic E-state index is 0.140. The van der Waals surface area contributed by atoms with Crippen LogP contribution in [-0.4, -0.2) is 11.1 Å². The quantitative estimate of drug-likeness (QED) is 0.887. The number of halogens is 1. The number of ether oxygens (including phenoxy) is 1. The summed E-state index contributed by atoms with van der Waals surface area (Å²) in [5.74, 6) is -0.0986. The van der Waals surface area contributed by atoms with Crippen LogP contribution in [0.25, 0.3) is 0 Å². The van der Waals surface area contributed by atoms with E-state index in [9.17, 15) is 9.90 Å². The molecule has 104 valence electrons. The number of carboxylic acids is 1. The maximum atomic E-state index is 11.2. The molecule has 0 saturated heterocycles. The van der Waals surface area contributed by atoms with Gasteiger partial charge in [0.05, 0.1) is 0 Å². The molecule has 0 amide bonds. The Labute approximate surface area is 122 Å². The van der Waals surface area contributed by atoms with E-state index in [4.69, 9.17) is 16.3 Å². The van der Waals surface area contributed by atoms with Gasteiger partial charge in [0, 0.05) is 5.02 Å². The maximum Gasteiger partial charge on any atom is 0.339 e. The van der Waals surface area contributed by atoms with Crippen LogP contribution in [0, 0.1) is 20.8 Å². The molecule has 0 unspecified atom stereocenters. The maximum absolute atomic E-state index is 11.2. The lowest BCUT2D eigenvalue weighted by atomic mass is 10.1. The topological polar surface area (TPSA) is 46.5 Å². The van der Waals surface area contributed by atoms with Crippen LogP contribution in [0.3, 0.4) is 0 Å². The van der Waals surface area contributed by atoms with Gasteiger partial charge in [0.2, 0.25) is 0 Å². The van der Waals surface area contributed by atoms with E-state index in [1.807, 2.05) is 20.8 Å². The number of aryl methyl sites for hydroxylation is 3. The van der Waals surface area contributed by atoms with E-state index in [1.165, 1.54) is 0 Å². The van der Waals surface area contributed by atoms with Crippen molar-refractivity contribution in [3.63, 3.8) is 0 Å². The summed E-state index contributed by atoms with van der Waals surface area (Å²) in [7, 11) is 0. The summed E-state index contributed by atoms with van der Waals surface area (Å²) in [6.45, 7) is 5.66. The molecule has 0 aliphatic carbocycles. The summed E-state index contributed by atoms with van der Waals surface area (Å²) in [5.41, 5.74) is 2.87. The Hall–Kier alpha value is -2.00. The Balaban J connectivity index is 2.44. The van der Waals surface area contributed by atoms with Crippen molar-refractivity contribution in [3.05, 3.63) is 57.6 Å². The summed E-state index contributed by atoms with van der Waals surface area (Å²) >= 11 is 6.11. The Morgan fingerprint density at radius 2 is 1.70 bits per heavy atom. The normalized spacial score (nSPS) is 10.4. The predicted octanol–water partition coefficient (Wildman–Crippen LogP) is 4.76. The Bertz CT molecular complexity index is 654. The third-order valence-electron chi connectivity index (χ3n) is 3.01. The molecule has 0 aromatic heterocycles. The first-order valence-electron chi connectivity index (χ1n) is 6.17. The molecule has 0 bridgehead atoms. The zero-order chi connectivity index (χ0) is 14.9. The summed E-state index contributed by atoms with van der Waals surface area (Å²) in [6.07, 6.45) is 0. The summed E-state index contributed by atoms with van der Waals surface area (Å²) in [4.78, 5) is 11.2. The largest absolute Gasteiger partial charge is 0.478 e. The van der Waals surface area contributed by atoms with Gasteiger partial charge in [-0.2, -0.15) is 0 Å². The number of rotatable bonds is 3. The summed E-state index contributed by atoms with van der Waals surface area (Å²) in [6, 6.07) is 8.59. The smallest absolute Gasteiger partial charge is 0.339 e. The van der Waals surface area contributed by atoms with Crippen molar-refractivity contribution >= 4 is 17.6 Å². The first kappa shape index (κ1) is 14.4. The van der Waals surface area contributed by atoms with Crippen LogP contribution in [0.2, 0.25) is 5.02 Å². The number of hydrogen-bond donors (Lipinski definition) is 1. The van der Waals surface area contributed by atoms with E-state index in [-0.39, 0.29) is 5.56 Å². The molecule has 4 heteroatoms. The lowest BCUT2D eigenvalue weighted by Crippen LogP contribution is -2.00. The molecule has 0 atom stereocenters. The summed E-state index contributed by atoms with van der Waals surface area (Å²) in [5, 5.41) is 9.88. The van der Waals surface area contributed by atoms with E-state index in [2.05, 4.69) is 0 Å². The molecular weight excluding hydrogens is 276 g/mol. The zero-order valence-electron chi connectivity index (χ0n) is 11.5. The minimum Gasteiger partial charge on any atom is -0.478 e. The minimum atomic E-state index is -1.01. The molecule has 2 rings (SSSR count). The van der Waals surface area contributed by atoms with Crippen molar-refractivity contribution in [3.8, 4) is 11.5 Å². The van der Waals surface area contributed by atoms with E-state index in [0.717, 1.165) is 16.7 Å². The molecule has 3 nitrogen and oxygen atoms in total. The highest BCUT2D eigenvalue weighted by molar-refractivity contribution is 6.32. The number of hydrogen-bond acceptors (Lipinski definition) is 2. The van der Waals surface area contributed by atoms with Gasteiger partial charge in [0.25, 0.3) is 0 Å². The lowest BCUT2D eigenvalue weighted by Gasteiger charge is -2.12. The molecule has 0 fully saturated rings. The number of aromatic carboxylic acids is 1. The zero-order valence-corrected chi connectivity index (χ0v) is 12.3. The van der Waals surface area contributed by atoms with Crippen LogP contribution in [0.15, 0.2) is 30.3 Å². The highest BCUT2D eigenvalue weighted by atomic mass is 35.5. The molecule has 0 spiro atoms. The fourth-order valence-electron chi connectivity index (χ4n) is 1.98. The van der Waals surface area contributed by atoms with E-state index in [1.54, 1.807) is 30.3 Å². The standard InChI is InChI=1S/C16H15ClO3/c1-9-4-5-13(16(18)19)14(6-9)20-12-7-10(2)15(17)11(3)8-12/h4-8H,1-3H3,(H,18,19). The fourth-order valence-corrected chi connectivity index (χ4v) is 2.09.